The number of hydrogen-bond donors (Lipinski definition) is 1. The monoisotopic (exact) mass is 505 g/mol. The highest BCUT2D eigenvalue weighted by molar-refractivity contribution is 7.92. The van der Waals surface area contributed by atoms with Crippen molar-refractivity contribution in [1.82, 2.24) is 10.2 Å². The minimum absolute atomic E-state index is 0.0355. The number of carbonyl (C=O) groups is 2. The van der Waals surface area contributed by atoms with Crippen molar-refractivity contribution in [2.24, 2.45) is 0 Å². The zero-order valence-electron chi connectivity index (χ0n) is 20.2. The van der Waals surface area contributed by atoms with E-state index in [0.29, 0.717) is 5.75 Å². The molecule has 1 aliphatic carbocycles. The van der Waals surface area contributed by atoms with E-state index in [-0.39, 0.29) is 24.2 Å². The number of benzene rings is 2. The van der Waals surface area contributed by atoms with Gasteiger partial charge in [0.25, 0.3) is 0 Å². The van der Waals surface area contributed by atoms with E-state index in [4.69, 9.17) is 4.74 Å². The Bertz CT molecular complexity index is 1130. The van der Waals surface area contributed by atoms with Crippen LogP contribution < -0.4 is 14.4 Å². The van der Waals surface area contributed by atoms with Crippen molar-refractivity contribution >= 4 is 27.5 Å². The number of rotatable bonds is 10. The molecule has 1 atom stereocenters. The maximum Gasteiger partial charge on any atom is 0.244 e. The molecule has 1 unspecified atom stereocenters. The molecule has 190 valence electrons. The lowest BCUT2D eigenvalue weighted by Crippen LogP contribution is -2.52. The van der Waals surface area contributed by atoms with Gasteiger partial charge in [0.2, 0.25) is 21.8 Å². The van der Waals surface area contributed by atoms with E-state index in [1.165, 1.54) is 23.1 Å². The first-order chi connectivity index (χ1) is 16.6. The van der Waals surface area contributed by atoms with E-state index >= 15 is 0 Å². The number of hydrogen-bond acceptors (Lipinski definition) is 5. The first-order valence-electron chi connectivity index (χ1n) is 11.5. The molecule has 10 heteroatoms. The molecule has 35 heavy (non-hydrogen) atoms. The van der Waals surface area contributed by atoms with Gasteiger partial charge < -0.3 is 15.0 Å². The molecule has 0 bridgehead atoms. The van der Waals surface area contributed by atoms with E-state index in [9.17, 15) is 22.4 Å². The summed E-state index contributed by atoms with van der Waals surface area (Å²) in [5, 5.41) is 3.01. The van der Waals surface area contributed by atoms with E-state index < -0.39 is 34.3 Å². The van der Waals surface area contributed by atoms with Crippen LogP contribution in [0.2, 0.25) is 0 Å². The van der Waals surface area contributed by atoms with Crippen LogP contribution in [-0.4, -0.2) is 57.1 Å². The summed E-state index contributed by atoms with van der Waals surface area (Å²) in [7, 11) is -2.36. The second-order valence-corrected chi connectivity index (χ2v) is 10.7. The van der Waals surface area contributed by atoms with Crippen LogP contribution >= 0.6 is 0 Å². The first-order valence-corrected chi connectivity index (χ1v) is 13.4. The molecule has 0 heterocycles. The van der Waals surface area contributed by atoms with Crippen molar-refractivity contribution in [2.45, 2.75) is 51.2 Å². The number of nitrogens with one attached hydrogen (secondary N) is 1. The van der Waals surface area contributed by atoms with Gasteiger partial charge in [-0.05, 0) is 55.7 Å². The van der Waals surface area contributed by atoms with E-state index in [1.54, 1.807) is 38.3 Å². The van der Waals surface area contributed by atoms with Gasteiger partial charge in [-0.3, -0.25) is 13.9 Å². The van der Waals surface area contributed by atoms with E-state index in [2.05, 4.69) is 5.32 Å². The second-order valence-electron chi connectivity index (χ2n) is 8.79. The highest BCUT2D eigenvalue weighted by Gasteiger charge is 2.31. The molecule has 2 aromatic rings. The number of anilines is 1. The molecular weight excluding hydrogens is 473 g/mol. The fraction of sp³-hybridized carbons (Fsp3) is 0.440. The summed E-state index contributed by atoms with van der Waals surface area (Å²) in [6.45, 7) is 1.14. The number of amides is 2. The van der Waals surface area contributed by atoms with Gasteiger partial charge in [-0.2, -0.15) is 0 Å². The Morgan fingerprint density at radius 1 is 1.14 bits per heavy atom. The molecule has 8 nitrogen and oxygen atoms in total. The molecule has 2 aromatic carbocycles. The van der Waals surface area contributed by atoms with E-state index in [0.717, 1.165) is 47.9 Å². The summed E-state index contributed by atoms with van der Waals surface area (Å²) in [6.07, 6.45) is 4.84. The minimum Gasteiger partial charge on any atom is -0.497 e. The van der Waals surface area contributed by atoms with Crippen molar-refractivity contribution in [3.63, 3.8) is 0 Å². The zero-order valence-corrected chi connectivity index (χ0v) is 21.1. The normalized spacial score (nSPS) is 14.9. The first kappa shape index (κ1) is 26.5. The molecule has 0 spiro atoms. The van der Waals surface area contributed by atoms with Gasteiger partial charge in [-0.25, -0.2) is 12.8 Å². The fourth-order valence-electron chi connectivity index (χ4n) is 4.15. The molecule has 0 saturated heterocycles. The van der Waals surface area contributed by atoms with Crippen LogP contribution in [0.5, 0.6) is 5.75 Å². The SMILES string of the molecule is COc1ccc(CN(C(=O)CN(c2cccc(F)c2)S(C)(=O)=O)C(C)C(=O)NC2CCCC2)cc1. The summed E-state index contributed by atoms with van der Waals surface area (Å²) >= 11 is 0. The third kappa shape index (κ3) is 7.17. The molecular formula is C25H32FN3O5S. The topological polar surface area (TPSA) is 96.0 Å². The molecule has 0 aromatic heterocycles. The third-order valence-corrected chi connectivity index (χ3v) is 7.30. The summed E-state index contributed by atoms with van der Waals surface area (Å²) in [6, 6.07) is 11.3. The highest BCUT2D eigenvalue weighted by Crippen LogP contribution is 2.22. The Balaban J connectivity index is 1.87. The Morgan fingerprint density at radius 3 is 2.37 bits per heavy atom. The van der Waals surface area contributed by atoms with Crippen molar-refractivity contribution in [1.29, 1.82) is 0 Å². The van der Waals surface area contributed by atoms with Crippen molar-refractivity contribution < 1.29 is 27.1 Å². The number of sulfonamides is 1. The van der Waals surface area contributed by atoms with Crippen LogP contribution in [0, 0.1) is 5.82 Å². The molecule has 1 fully saturated rings. The van der Waals surface area contributed by atoms with Crippen molar-refractivity contribution in [3.8, 4) is 5.75 Å². The number of methoxy groups -OCH3 is 1. The van der Waals surface area contributed by atoms with Crippen LogP contribution in [0.4, 0.5) is 10.1 Å². The number of ether oxygens (including phenoxy) is 1. The zero-order chi connectivity index (χ0) is 25.6. The molecule has 1 aliphatic rings. The van der Waals surface area contributed by atoms with Crippen LogP contribution in [0.1, 0.15) is 38.2 Å². The number of carbonyl (C=O) groups excluding carboxylic acids is 2. The number of nitrogens with zero attached hydrogens (tertiary/aromatic N) is 2. The molecule has 1 N–H and O–H groups in total. The van der Waals surface area contributed by atoms with Gasteiger partial charge in [0.15, 0.2) is 0 Å². The maximum absolute atomic E-state index is 13.8. The predicted molar refractivity (Wildman–Crippen MR) is 132 cm³/mol. The highest BCUT2D eigenvalue weighted by atomic mass is 32.2. The fourth-order valence-corrected chi connectivity index (χ4v) is 4.99. The quantitative estimate of drug-likeness (QED) is 0.535. The average Bonchev–Trinajstić information content (AvgIpc) is 3.33. The largest absolute Gasteiger partial charge is 0.497 e. The van der Waals surface area contributed by atoms with Crippen molar-refractivity contribution in [2.75, 3.05) is 24.2 Å². The van der Waals surface area contributed by atoms with Gasteiger partial charge in [-0.15, -0.1) is 0 Å². The predicted octanol–water partition coefficient (Wildman–Crippen LogP) is 3.08. The summed E-state index contributed by atoms with van der Waals surface area (Å²) in [5.41, 5.74) is 0.782. The van der Waals surface area contributed by atoms with Crippen LogP contribution in [-0.2, 0) is 26.2 Å². The Morgan fingerprint density at radius 2 is 1.80 bits per heavy atom. The maximum atomic E-state index is 13.8. The Kier molecular flexibility index (Phi) is 8.71. The van der Waals surface area contributed by atoms with Crippen LogP contribution in [0.15, 0.2) is 48.5 Å². The standard InChI is InChI=1S/C25H32FN3O5S/c1-18(25(31)27-21-8-4-5-9-21)28(16-19-11-13-23(34-2)14-12-19)24(30)17-29(35(3,32)33)22-10-6-7-20(26)15-22/h6-7,10-15,18,21H,4-5,8-9,16-17H2,1-3H3,(H,27,31). The lowest BCUT2D eigenvalue weighted by Gasteiger charge is -2.32. The molecule has 0 radical (unpaired) electrons. The summed E-state index contributed by atoms with van der Waals surface area (Å²) < 4.78 is 44.8. The Hall–Kier alpha value is -3.14. The lowest BCUT2D eigenvalue weighted by molar-refractivity contribution is -0.139. The molecule has 1 saturated carbocycles. The molecule has 0 aliphatic heterocycles. The summed E-state index contributed by atoms with van der Waals surface area (Å²) in [5.74, 6) is -0.851. The lowest BCUT2D eigenvalue weighted by atomic mass is 10.1. The van der Waals surface area contributed by atoms with Crippen LogP contribution in [0.3, 0.4) is 0 Å². The third-order valence-electron chi connectivity index (χ3n) is 6.16. The van der Waals surface area contributed by atoms with Gasteiger partial charge in [0.1, 0.15) is 24.2 Å². The smallest absolute Gasteiger partial charge is 0.244 e. The Labute approximate surface area is 206 Å². The van der Waals surface area contributed by atoms with Crippen molar-refractivity contribution in [3.05, 3.63) is 59.9 Å². The van der Waals surface area contributed by atoms with E-state index in [1.807, 2.05) is 0 Å². The second kappa shape index (κ2) is 11.5. The van der Waals surface area contributed by atoms with Crippen LogP contribution in [0.25, 0.3) is 0 Å². The number of halogens is 1. The average molecular weight is 506 g/mol. The van der Waals surface area contributed by atoms with Gasteiger partial charge in [-0.1, -0.05) is 31.0 Å². The minimum atomic E-state index is -3.91. The molecule has 3 rings (SSSR count). The van der Waals surface area contributed by atoms with Gasteiger partial charge in [0.05, 0.1) is 19.1 Å². The van der Waals surface area contributed by atoms with Gasteiger partial charge in [0, 0.05) is 12.6 Å². The summed E-state index contributed by atoms with van der Waals surface area (Å²) in [4.78, 5) is 27.9. The van der Waals surface area contributed by atoms with Gasteiger partial charge >= 0.3 is 0 Å². The molecule has 2 amide bonds.